The van der Waals surface area contributed by atoms with Crippen LogP contribution in [0, 0.1) is 0 Å². The first-order valence-electron chi connectivity index (χ1n) is 2.75. The number of hydrogen-bond acceptors (Lipinski definition) is 3. The van der Waals surface area contributed by atoms with E-state index in [1.807, 2.05) is 0 Å². The van der Waals surface area contributed by atoms with Gasteiger partial charge in [-0.25, -0.2) is 0 Å². The van der Waals surface area contributed by atoms with Gasteiger partial charge in [0.05, 0.1) is 15.8 Å². The van der Waals surface area contributed by atoms with Crippen LogP contribution < -0.4 is 0 Å². The Morgan fingerprint density at radius 3 is 2.89 bits per heavy atom. The topological polar surface area (TPSA) is 26.3 Å². The van der Waals surface area contributed by atoms with Crippen LogP contribution in [-0.4, -0.2) is 12.9 Å². The molecule has 2 nitrogen and oxygen atoms in total. The minimum atomic E-state index is 0.662. The maximum absolute atomic E-state index is 9.79. The Labute approximate surface area is 71.5 Å². The number of hydrogen-bond donors (Lipinski definition) is 0. The molecular formula is C5H9IO2S. The molecule has 0 radical (unpaired) electrons. The molecule has 0 aliphatic rings. The van der Waals surface area contributed by atoms with E-state index in [1.54, 1.807) is 0 Å². The predicted octanol–water partition coefficient (Wildman–Crippen LogP) is 2.37. The molecule has 0 saturated carbocycles. The lowest BCUT2D eigenvalue weighted by molar-refractivity contribution is -0.107. The van der Waals surface area contributed by atoms with Crippen molar-refractivity contribution in [3.63, 3.8) is 0 Å². The zero-order valence-corrected chi connectivity index (χ0v) is 7.98. The molecular weight excluding hydrogens is 251 g/mol. The lowest BCUT2D eigenvalue weighted by atomic mass is 10.3. The molecule has 0 saturated heterocycles. The number of carbonyl (C=O) groups is 1. The van der Waals surface area contributed by atoms with Crippen LogP contribution in [0.3, 0.4) is 0 Å². The highest BCUT2D eigenvalue weighted by molar-refractivity contribution is 14.2. The Morgan fingerprint density at radius 1 is 1.56 bits per heavy atom. The molecule has 0 heterocycles. The van der Waals surface area contributed by atoms with Crippen molar-refractivity contribution in [1.82, 2.24) is 0 Å². The molecule has 9 heavy (non-hydrogen) atoms. The number of unbranched alkanes of at least 4 members (excludes halogenated alkanes) is 2. The highest BCUT2D eigenvalue weighted by Gasteiger charge is 1.86. The van der Waals surface area contributed by atoms with E-state index in [2.05, 4.69) is 21.2 Å². The number of carbonyl (C=O) groups excluding carboxylic acids is 1. The van der Waals surface area contributed by atoms with Gasteiger partial charge in [0.25, 0.3) is 0 Å². The minimum absolute atomic E-state index is 0.662. The molecule has 0 aromatic carbocycles. The van der Waals surface area contributed by atoms with E-state index in [4.69, 9.17) is 4.18 Å². The third-order valence-electron chi connectivity index (χ3n) is 0.844. The van der Waals surface area contributed by atoms with Gasteiger partial charge < -0.3 is 8.98 Å². The first-order valence-corrected chi connectivity index (χ1v) is 6.04. The van der Waals surface area contributed by atoms with Gasteiger partial charge in [0.1, 0.15) is 6.29 Å². The van der Waals surface area contributed by atoms with E-state index >= 15 is 0 Å². The maximum atomic E-state index is 9.79. The molecule has 0 spiro atoms. The van der Waals surface area contributed by atoms with Crippen molar-refractivity contribution >= 4 is 36.7 Å². The maximum Gasteiger partial charge on any atom is 0.119 e. The quantitative estimate of drug-likeness (QED) is 0.317. The predicted molar refractivity (Wildman–Crippen MR) is 47.5 cm³/mol. The lowest BCUT2D eigenvalue weighted by Crippen LogP contribution is -1.85. The first kappa shape index (κ1) is 9.71. The van der Waals surface area contributed by atoms with Crippen molar-refractivity contribution in [2.45, 2.75) is 19.3 Å². The van der Waals surface area contributed by atoms with Gasteiger partial charge in [0.2, 0.25) is 0 Å². The number of aldehydes is 1. The van der Waals surface area contributed by atoms with Gasteiger partial charge in [-0.05, 0) is 12.8 Å². The highest BCUT2D eigenvalue weighted by Crippen LogP contribution is 2.12. The van der Waals surface area contributed by atoms with E-state index in [1.165, 1.54) is 9.21 Å². The zero-order chi connectivity index (χ0) is 6.95. The molecule has 0 aliphatic carbocycles. The standard InChI is InChI=1S/C5H9IO2S/c6-9-8-5-3-1-2-4-7/h4H,1-3,5H2. The summed E-state index contributed by atoms with van der Waals surface area (Å²) in [5.41, 5.74) is 0. The lowest BCUT2D eigenvalue weighted by Gasteiger charge is -1.93. The summed E-state index contributed by atoms with van der Waals surface area (Å²) < 4.78 is 4.97. The molecule has 0 bridgehead atoms. The van der Waals surface area contributed by atoms with Crippen LogP contribution in [-0.2, 0) is 8.98 Å². The molecule has 0 amide bonds. The Kier molecular flexibility index (Phi) is 9.40. The van der Waals surface area contributed by atoms with Crippen LogP contribution in [0.2, 0.25) is 0 Å². The number of halogens is 1. The number of rotatable bonds is 6. The van der Waals surface area contributed by atoms with Crippen molar-refractivity contribution in [1.29, 1.82) is 0 Å². The summed E-state index contributed by atoms with van der Waals surface area (Å²) in [7, 11) is 1.34. The molecule has 0 rings (SSSR count). The Hall–Kier alpha value is 0.710. The molecule has 54 valence electrons. The Bertz CT molecular complexity index is 70.0. The second-order valence-electron chi connectivity index (χ2n) is 1.55. The van der Waals surface area contributed by atoms with Crippen LogP contribution in [0.15, 0.2) is 0 Å². The summed E-state index contributed by atoms with van der Waals surface area (Å²) in [5.74, 6) is 0. The monoisotopic (exact) mass is 260 g/mol. The molecule has 0 aromatic rings. The smallest absolute Gasteiger partial charge is 0.119 e. The second-order valence-corrected chi connectivity index (χ2v) is 2.99. The molecule has 4 heteroatoms. The fourth-order valence-electron chi connectivity index (χ4n) is 0.420. The van der Waals surface area contributed by atoms with Crippen molar-refractivity contribution < 1.29 is 8.98 Å². The van der Waals surface area contributed by atoms with Gasteiger partial charge in [-0.15, -0.1) is 0 Å². The van der Waals surface area contributed by atoms with E-state index < -0.39 is 0 Å². The highest BCUT2D eigenvalue weighted by atomic mass is 127. The molecule has 0 N–H and O–H groups in total. The summed E-state index contributed by atoms with van der Waals surface area (Å²) in [6, 6.07) is 0. The van der Waals surface area contributed by atoms with Crippen LogP contribution >= 0.6 is 30.4 Å². The fourth-order valence-corrected chi connectivity index (χ4v) is 1.14. The minimum Gasteiger partial charge on any atom is -0.305 e. The average Bonchev–Trinajstić information content (AvgIpc) is 1.89. The van der Waals surface area contributed by atoms with Crippen molar-refractivity contribution in [3.05, 3.63) is 0 Å². The van der Waals surface area contributed by atoms with Crippen LogP contribution in [0.25, 0.3) is 0 Å². The summed E-state index contributed by atoms with van der Waals surface area (Å²) >= 11 is 2.07. The van der Waals surface area contributed by atoms with Gasteiger partial charge in [0.15, 0.2) is 0 Å². The van der Waals surface area contributed by atoms with E-state index in [0.29, 0.717) is 6.42 Å². The normalized spacial score (nSPS) is 9.44. The summed E-state index contributed by atoms with van der Waals surface area (Å²) in [6.07, 6.45) is 3.53. The summed E-state index contributed by atoms with van der Waals surface area (Å²) in [4.78, 5) is 9.79. The van der Waals surface area contributed by atoms with Crippen molar-refractivity contribution in [3.8, 4) is 0 Å². The fraction of sp³-hybridized carbons (Fsp3) is 0.800. The van der Waals surface area contributed by atoms with E-state index in [0.717, 1.165) is 25.7 Å². The van der Waals surface area contributed by atoms with Gasteiger partial charge in [-0.3, -0.25) is 0 Å². The van der Waals surface area contributed by atoms with E-state index in [-0.39, 0.29) is 0 Å². The zero-order valence-electron chi connectivity index (χ0n) is 5.01. The molecule has 0 fully saturated rings. The van der Waals surface area contributed by atoms with Crippen LogP contribution in [0.5, 0.6) is 0 Å². The SMILES string of the molecule is O=CCCCCOSI. The molecule has 0 aliphatic heterocycles. The van der Waals surface area contributed by atoms with Crippen LogP contribution in [0.4, 0.5) is 0 Å². The molecule has 0 aromatic heterocycles. The van der Waals surface area contributed by atoms with Crippen molar-refractivity contribution in [2.75, 3.05) is 6.61 Å². The Balaban J connectivity index is 2.66. The van der Waals surface area contributed by atoms with Gasteiger partial charge in [0, 0.05) is 27.6 Å². The molecule has 0 atom stereocenters. The first-order chi connectivity index (χ1) is 4.41. The largest absolute Gasteiger partial charge is 0.305 e. The van der Waals surface area contributed by atoms with Crippen molar-refractivity contribution in [2.24, 2.45) is 0 Å². The molecule has 0 unspecified atom stereocenters. The average molecular weight is 260 g/mol. The Morgan fingerprint density at radius 2 is 2.33 bits per heavy atom. The summed E-state index contributed by atoms with van der Waals surface area (Å²) in [5, 5.41) is 0. The van der Waals surface area contributed by atoms with Gasteiger partial charge in [-0.2, -0.15) is 0 Å². The third kappa shape index (κ3) is 8.71. The van der Waals surface area contributed by atoms with Gasteiger partial charge in [-0.1, -0.05) is 0 Å². The van der Waals surface area contributed by atoms with Crippen LogP contribution in [0.1, 0.15) is 19.3 Å². The van der Waals surface area contributed by atoms with Gasteiger partial charge >= 0.3 is 0 Å². The second kappa shape index (κ2) is 8.71. The third-order valence-corrected chi connectivity index (χ3v) is 1.86. The van der Waals surface area contributed by atoms with E-state index in [9.17, 15) is 4.79 Å². The summed E-state index contributed by atoms with van der Waals surface area (Å²) in [6.45, 7) is 0.751.